The molecule has 0 aromatic heterocycles. The van der Waals surface area contributed by atoms with Crippen LogP contribution < -0.4 is 15.8 Å². The minimum atomic E-state index is -3.38. The van der Waals surface area contributed by atoms with E-state index in [1.54, 1.807) is 24.3 Å². The van der Waals surface area contributed by atoms with Gasteiger partial charge in [0.05, 0.1) is 4.90 Å². The maximum Gasteiger partial charge on any atom is 0.240 e. The topological polar surface area (TPSA) is 84.2 Å². The van der Waals surface area contributed by atoms with E-state index in [1.807, 2.05) is 0 Å². The van der Waals surface area contributed by atoms with Crippen molar-refractivity contribution in [2.24, 2.45) is 11.7 Å². The van der Waals surface area contributed by atoms with Crippen molar-refractivity contribution in [3.05, 3.63) is 24.3 Å². The van der Waals surface area contributed by atoms with Crippen LogP contribution in [-0.2, 0) is 10.0 Å². The second kappa shape index (κ2) is 6.34. The molecule has 1 aliphatic rings. The first-order valence-corrected chi connectivity index (χ1v) is 8.91. The third kappa shape index (κ3) is 3.75. The lowest BCUT2D eigenvalue weighted by Crippen LogP contribution is -2.48. The van der Waals surface area contributed by atoms with E-state index in [2.05, 4.69) is 17.0 Å². The molecule has 1 aromatic carbocycles. The maximum absolute atomic E-state index is 11.7. The van der Waals surface area contributed by atoms with Crippen molar-refractivity contribution in [1.29, 1.82) is 0 Å². The Bertz CT molecular complexity index is 571. The van der Waals surface area contributed by atoms with Gasteiger partial charge in [-0.05, 0) is 50.1 Å². The third-order valence-electron chi connectivity index (χ3n) is 4.33. The molecular formula is C15H25N3O2S. The number of nitrogens with one attached hydrogen (secondary N) is 2. The Balaban J connectivity index is 2.15. The van der Waals surface area contributed by atoms with Crippen LogP contribution in [0.15, 0.2) is 29.2 Å². The molecular weight excluding hydrogens is 286 g/mol. The van der Waals surface area contributed by atoms with Crippen LogP contribution in [0.2, 0.25) is 0 Å². The summed E-state index contributed by atoms with van der Waals surface area (Å²) in [6.07, 6.45) is 4.55. The Kier molecular flexibility index (Phi) is 4.91. The Morgan fingerprint density at radius 1 is 1.33 bits per heavy atom. The van der Waals surface area contributed by atoms with E-state index in [4.69, 9.17) is 5.73 Å². The van der Waals surface area contributed by atoms with E-state index >= 15 is 0 Å². The first-order valence-electron chi connectivity index (χ1n) is 7.43. The summed E-state index contributed by atoms with van der Waals surface area (Å²) in [6.45, 7) is 2.85. The number of hydrogen-bond acceptors (Lipinski definition) is 4. The minimum Gasteiger partial charge on any atom is -0.378 e. The minimum absolute atomic E-state index is 0.0684. The highest BCUT2D eigenvalue weighted by Crippen LogP contribution is 2.34. The van der Waals surface area contributed by atoms with Crippen LogP contribution in [0.4, 0.5) is 5.69 Å². The van der Waals surface area contributed by atoms with Gasteiger partial charge < -0.3 is 11.1 Å². The molecule has 1 fully saturated rings. The molecule has 118 valence electrons. The molecule has 1 aliphatic carbocycles. The fourth-order valence-electron chi connectivity index (χ4n) is 3.15. The highest BCUT2D eigenvalue weighted by molar-refractivity contribution is 7.89. The van der Waals surface area contributed by atoms with E-state index in [-0.39, 0.29) is 10.4 Å². The monoisotopic (exact) mass is 311 g/mol. The van der Waals surface area contributed by atoms with Gasteiger partial charge in [0.15, 0.2) is 0 Å². The summed E-state index contributed by atoms with van der Waals surface area (Å²) in [5.74, 6) is 0.666. The van der Waals surface area contributed by atoms with E-state index in [9.17, 15) is 8.42 Å². The Morgan fingerprint density at radius 2 is 2.00 bits per heavy atom. The van der Waals surface area contributed by atoms with Gasteiger partial charge in [-0.1, -0.05) is 19.8 Å². The summed E-state index contributed by atoms with van der Waals surface area (Å²) in [5, 5.41) is 3.53. The maximum atomic E-state index is 11.7. The summed E-state index contributed by atoms with van der Waals surface area (Å²) >= 11 is 0. The summed E-state index contributed by atoms with van der Waals surface area (Å²) < 4.78 is 25.7. The zero-order valence-corrected chi connectivity index (χ0v) is 13.5. The average Bonchev–Trinajstić information content (AvgIpc) is 2.48. The molecule has 0 bridgehead atoms. The van der Waals surface area contributed by atoms with Crippen LogP contribution in [0.5, 0.6) is 0 Å². The fraction of sp³-hybridized carbons (Fsp3) is 0.600. The summed E-state index contributed by atoms with van der Waals surface area (Å²) in [5.41, 5.74) is 6.85. The van der Waals surface area contributed by atoms with Crippen molar-refractivity contribution in [1.82, 2.24) is 4.72 Å². The smallest absolute Gasteiger partial charge is 0.240 e. The molecule has 21 heavy (non-hydrogen) atoms. The molecule has 4 N–H and O–H groups in total. The highest BCUT2D eigenvalue weighted by Gasteiger charge is 2.33. The number of hydrogen-bond donors (Lipinski definition) is 3. The number of benzene rings is 1. The van der Waals surface area contributed by atoms with Gasteiger partial charge in [-0.2, -0.15) is 0 Å². The highest BCUT2D eigenvalue weighted by atomic mass is 32.2. The summed E-state index contributed by atoms with van der Waals surface area (Å²) in [4.78, 5) is 0.273. The first-order chi connectivity index (χ1) is 9.91. The van der Waals surface area contributed by atoms with E-state index in [1.165, 1.54) is 19.9 Å². The van der Waals surface area contributed by atoms with Crippen LogP contribution in [0.1, 0.15) is 32.6 Å². The molecule has 0 saturated heterocycles. The van der Waals surface area contributed by atoms with Crippen molar-refractivity contribution in [2.45, 2.75) is 43.0 Å². The second-order valence-corrected chi connectivity index (χ2v) is 7.93. The Hall–Kier alpha value is -1.11. The standard InChI is InChI=1S/C15H25N3O2S/c1-12-4-3-9-15(10-12,11-16)18-13-5-7-14(8-6-13)21(19,20)17-2/h5-8,12,17-18H,3-4,9-11,16H2,1-2H3. The third-order valence-corrected chi connectivity index (χ3v) is 5.76. The second-order valence-electron chi connectivity index (χ2n) is 6.04. The van der Waals surface area contributed by atoms with Gasteiger partial charge in [0.2, 0.25) is 10.0 Å². The van der Waals surface area contributed by atoms with Crippen LogP contribution in [-0.4, -0.2) is 27.5 Å². The van der Waals surface area contributed by atoms with Gasteiger partial charge in [-0.3, -0.25) is 0 Å². The quantitative estimate of drug-likeness (QED) is 0.775. The summed E-state index contributed by atoms with van der Waals surface area (Å²) in [7, 11) is -1.97. The predicted octanol–water partition coefficient (Wildman–Crippen LogP) is 1.91. The van der Waals surface area contributed by atoms with Crippen molar-refractivity contribution < 1.29 is 8.42 Å². The molecule has 5 nitrogen and oxygen atoms in total. The number of rotatable bonds is 5. The lowest BCUT2D eigenvalue weighted by atomic mass is 9.76. The molecule has 6 heteroatoms. The van der Waals surface area contributed by atoms with Crippen molar-refractivity contribution in [3.63, 3.8) is 0 Å². The molecule has 0 spiro atoms. The zero-order chi connectivity index (χ0) is 15.5. The first kappa shape index (κ1) is 16.3. The van der Waals surface area contributed by atoms with Crippen LogP contribution in [0.3, 0.4) is 0 Å². The van der Waals surface area contributed by atoms with Gasteiger partial charge in [0.25, 0.3) is 0 Å². The lowest BCUT2D eigenvalue weighted by molar-refractivity contribution is 0.264. The molecule has 2 atom stereocenters. The average molecular weight is 311 g/mol. The number of nitrogens with two attached hydrogens (primary N) is 1. The van der Waals surface area contributed by atoms with Crippen molar-refractivity contribution >= 4 is 15.7 Å². The predicted molar refractivity (Wildman–Crippen MR) is 85.7 cm³/mol. The Labute approximate surface area is 127 Å². The van der Waals surface area contributed by atoms with Crippen LogP contribution in [0.25, 0.3) is 0 Å². The van der Waals surface area contributed by atoms with Crippen molar-refractivity contribution in [3.8, 4) is 0 Å². The molecule has 2 rings (SSSR count). The molecule has 0 amide bonds. The fourth-order valence-corrected chi connectivity index (χ4v) is 3.88. The summed E-state index contributed by atoms with van der Waals surface area (Å²) in [6, 6.07) is 6.84. The molecule has 0 aliphatic heterocycles. The van der Waals surface area contributed by atoms with E-state index in [0.29, 0.717) is 12.5 Å². The van der Waals surface area contributed by atoms with Gasteiger partial charge in [-0.15, -0.1) is 0 Å². The van der Waals surface area contributed by atoms with Crippen LogP contribution in [0, 0.1) is 5.92 Å². The van der Waals surface area contributed by atoms with Gasteiger partial charge in [-0.25, -0.2) is 13.1 Å². The number of sulfonamides is 1. The van der Waals surface area contributed by atoms with Gasteiger partial charge in [0, 0.05) is 17.8 Å². The molecule has 0 heterocycles. The molecule has 0 radical (unpaired) electrons. The zero-order valence-electron chi connectivity index (χ0n) is 12.7. The SMILES string of the molecule is CNS(=O)(=O)c1ccc(NC2(CN)CCCC(C)C2)cc1. The molecule has 2 unspecified atom stereocenters. The van der Waals surface area contributed by atoms with Crippen LogP contribution >= 0.6 is 0 Å². The normalized spacial score (nSPS) is 26.5. The largest absolute Gasteiger partial charge is 0.378 e. The molecule has 1 aromatic rings. The van der Waals surface area contributed by atoms with Crippen molar-refractivity contribution in [2.75, 3.05) is 18.9 Å². The van der Waals surface area contributed by atoms with Gasteiger partial charge in [0.1, 0.15) is 0 Å². The van der Waals surface area contributed by atoms with Gasteiger partial charge >= 0.3 is 0 Å². The Morgan fingerprint density at radius 3 is 2.52 bits per heavy atom. The lowest BCUT2D eigenvalue weighted by Gasteiger charge is -2.40. The van der Waals surface area contributed by atoms with E-state index in [0.717, 1.165) is 18.5 Å². The van der Waals surface area contributed by atoms with E-state index < -0.39 is 10.0 Å². The number of anilines is 1. The molecule has 1 saturated carbocycles.